The number of rotatable bonds is 5. The van der Waals surface area contributed by atoms with Crippen LogP contribution in [0.4, 0.5) is 5.69 Å². The van der Waals surface area contributed by atoms with Crippen molar-refractivity contribution in [2.24, 2.45) is 0 Å². The van der Waals surface area contributed by atoms with Gasteiger partial charge in [0.15, 0.2) is 4.84 Å². The minimum Gasteiger partial charge on any atom is -0.324 e. The zero-order chi connectivity index (χ0) is 19.5. The molecule has 0 aromatic heterocycles. The van der Waals surface area contributed by atoms with E-state index in [1.165, 1.54) is 0 Å². The molecule has 26 heavy (non-hydrogen) atoms. The largest absolute Gasteiger partial charge is 0.324 e. The number of hydrogen-bond donors (Lipinski definition) is 2. The van der Waals surface area contributed by atoms with Gasteiger partial charge in [-0.1, -0.05) is 53.5 Å². The van der Waals surface area contributed by atoms with Gasteiger partial charge >= 0.3 is 0 Å². The van der Waals surface area contributed by atoms with Gasteiger partial charge in [0.1, 0.15) is 0 Å². The Bertz CT molecular complexity index is 889. The fraction of sp³-hybridized carbons (Fsp3) is 0.278. The van der Waals surface area contributed by atoms with Gasteiger partial charge in [-0.05, 0) is 44.5 Å². The topological polar surface area (TPSA) is 75.3 Å². The van der Waals surface area contributed by atoms with E-state index in [0.29, 0.717) is 16.8 Å². The Morgan fingerprint density at radius 2 is 1.58 bits per heavy atom. The zero-order valence-electron chi connectivity index (χ0n) is 14.6. The van der Waals surface area contributed by atoms with Crippen molar-refractivity contribution in [3.63, 3.8) is 0 Å². The fourth-order valence-corrected chi connectivity index (χ4v) is 4.09. The SMILES string of the molecule is CC(C)(C)NS(=O)(=O)c1ccccc1-c1ccc(NC(=O)C(Cl)Cl)cc1. The lowest BCUT2D eigenvalue weighted by atomic mass is 10.1. The average molecular weight is 415 g/mol. The molecule has 0 radical (unpaired) electrons. The summed E-state index contributed by atoms with van der Waals surface area (Å²) in [6.45, 7) is 5.35. The zero-order valence-corrected chi connectivity index (χ0v) is 16.9. The van der Waals surface area contributed by atoms with Crippen molar-refractivity contribution in [2.45, 2.75) is 36.0 Å². The second kappa shape index (κ2) is 7.96. The van der Waals surface area contributed by atoms with Crippen LogP contribution in [0.25, 0.3) is 11.1 Å². The van der Waals surface area contributed by atoms with E-state index in [-0.39, 0.29) is 4.90 Å². The second-order valence-electron chi connectivity index (χ2n) is 6.72. The molecule has 1 amide bonds. The van der Waals surface area contributed by atoms with Gasteiger partial charge in [0.2, 0.25) is 10.0 Å². The molecule has 2 rings (SSSR count). The lowest BCUT2D eigenvalue weighted by molar-refractivity contribution is -0.114. The molecule has 2 aromatic rings. The van der Waals surface area contributed by atoms with E-state index in [0.717, 1.165) is 0 Å². The Morgan fingerprint density at radius 3 is 2.12 bits per heavy atom. The van der Waals surface area contributed by atoms with E-state index in [9.17, 15) is 13.2 Å². The Hall–Kier alpha value is -1.60. The van der Waals surface area contributed by atoms with Crippen molar-refractivity contribution in [1.82, 2.24) is 4.72 Å². The number of halogens is 2. The van der Waals surface area contributed by atoms with Crippen molar-refractivity contribution >= 4 is 44.8 Å². The number of sulfonamides is 1. The van der Waals surface area contributed by atoms with Crippen LogP contribution in [0, 0.1) is 0 Å². The Kier molecular flexibility index (Phi) is 6.34. The molecule has 0 aliphatic heterocycles. The molecule has 2 N–H and O–H groups in total. The molecule has 0 atom stereocenters. The van der Waals surface area contributed by atoms with Crippen LogP contribution >= 0.6 is 23.2 Å². The van der Waals surface area contributed by atoms with E-state index in [2.05, 4.69) is 10.0 Å². The smallest absolute Gasteiger partial charge is 0.257 e. The van der Waals surface area contributed by atoms with Crippen LogP contribution in [0.15, 0.2) is 53.4 Å². The van der Waals surface area contributed by atoms with Gasteiger partial charge in [-0.15, -0.1) is 0 Å². The van der Waals surface area contributed by atoms with Crippen LogP contribution in [0.2, 0.25) is 0 Å². The summed E-state index contributed by atoms with van der Waals surface area (Å²) in [5.41, 5.74) is 1.18. The Morgan fingerprint density at radius 1 is 1.00 bits per heavy atom. The molecule has 0 aliphatic carbocycles. The maximum Gasteiger partial charge on any atom is 0.257 e. The number of carbonyl (C=O) groups is 1. The number of benzene rings is 2. The lowest BCUT2D eigenvalue weighted by Gasteiger charge is -2.21. The van der Waals surface area contributed by atoms with Crippen molar-refractivity contribution in [1.29, 1.82) is 0 Å². The number of alkyl halides is 2. The monoisotopic (exact) mass is 414 g/mol. The van der Waals surface area contributed by atoms with E-state index >= 15 is 0 Å². The van der Waals surface area contributed by atoms with Crippen LogP contribution in [0.1, 0.15) is 20.8 Å². The maximum atomic E-state index is 12.7. The van der Waals surface area contributed by atoms with Crippen LogP contribution in [0.3, 0.4) is 0 Å². The number of anilines is 1. The van der Waals surface area contributed by atoms with Crippen molar-refractivity contribution < 1.29 is 13.2 Å². The standard InChI is InChI=1S/C18H20Cl2N2O3S/c1-18(2,3)22-26(24,25)15-7-5-4-6-14(15)12-8-10-13(11-9-12)21-17(23)16(19)20/h4-11,16,22H,1-3H3,(H,21,23). The highest BCUT2D eigenvalue weighted by molar-refractivity contribution is 7.89. The van der Waals surface area contributed by atoms with Gasteiger partial charge in [-0.2, -0.15) is 0 Å². The molecule has 2 aromatic carbocycles. The van der Waals surface area contributed by atoms with Crippen LogP contribution < -0.4 is 10.0 Å². The third-order valence-electron chi connectivity index (χ3n) is 3.28. The molecular formula is C18H20Cl2N2O3S. The van der Waals surface area contributed by atoms with E-state index in [4.69, 9.17) is 23.2 Å². The first-order valence-electron chi connectivity index (χ1n) is 7.82. The first kappa shape index (κ1) is 20.7. The van der Waals surface area contributed by atoms with Crippen molar-refractivity contribution in [2.75, 3.05) is 5.32 Å². The van der Waals surface area contributed by atoms with Crippen molar-refractivity contribution in [3.8, 4) is 11.1 Å². The maximum absolute atomic E-state index is 12.7. The molecule has 0 spiro atoms. The average Bonchev–Trinajstić information content (AvgIpc) is 2.53. The number of amides is 1. The predicted octanol–water partition coefficient (Wildman–Crippen LogP) is 4.17. The summed E-state index contributed by atoms with van der Waals surface area (Å²) in [6.07, 6.45) is 0. The molecule has 0 unspecified atom stereocenters. The Labute approximate surface area is 163 Å². The van der Waals surface area contributed by atoms with Crippen LogP contribution in [-0.4, -0.2) is 24.7 Å². The summed E-state index contributed by atoms with van der Waals surface area (Å²) < 4.78 is 28.1. The van der Waals surface area contributed by atoms with Gasteiger partial charge in [0.25, 0.3) is 5.91 Å². The molecule has 0 bridgehead atoms. The van der Waals surface area contributed by atoms with Gasteiger partial charge in [0, 0.05) is 16.8 Å². The first-order valence-corrected chi connectivity index (χ1v) is 10.2. The fourth-order valence-electron chi connectivity index (χ4n) is 2.33. The summed E-state index contributed by atoms with van der Waals surface area (Å²) in [4.78, 5) is 10.5. The third-order valence-corrected chi connectivity index (χ3v) is 5.49. The minimum absolute atomic E-state index is 0.188. The quantitative estimate of drug-likeness (QED) is 0.720. The Balaban J connectivity index is 2.37. The molecule has 0 heterocycles. The summed E-state index contributed by atoms with van der Waals surface area (Å²) >= 11 is 11.0. The van der Waals surface area contributed by atoms with Crippen LogP contribution in [-0.2, 0) is 14.8 Å². The highest BCUT2D eigenvalue weighted by Gasteiger charge is 2.24. The molecule has 0 saturated heterocycles. The van der Waals surface area contributed by atoms with Gasteiger partial charge < -0.3 is 5.32 Å². The lowest BCUT2D eigenvalue weighted by Crippen LogP contribution is -2.40. The molecule has 0 saturated carbocycles. The molecule has 0 fully saturated rings. The third kappa shape index (κ3) is 5.45. The molecule has 8 heteroatoms. The molecule has 140 valence electrons. The van der Waals surface area contributed by atoms with Gasteiger partial charge in [-0.25, -0.2) is 13.1 Å². The summed E-state index contributed by atoms with van der Waals surface area (Å²) in [7, 11) is -3.69. The highest BCUT2D eigenvalue weighted by Crippen LogP contribution is 2.29. The summed E-state index contributed by atoms with van der Waals surface area (Å²) in [5.74, 6) is -0.529. The number of hydrogen-bond acceptors (Lipinski definition) is 3. The normalized spacial score (nSPS) is 12.2. The second-order valence-corrected chi connectivity index (χ2v) is 9.47. The molecule has 5 nitrogen and oxygen atoms in total. The predicted molar refractivity (Wildman–Crippen MR) is 106 cm³/mol. The summed E-state index contributed by atoms with van der Waals surface area (Å²) in [6, 6.07) is 13.5. The van der Waals surface area contributed by atoms with E-state index < -0.39 is 26.3 Å². The highest BCUT2D eigenvalue weighted by atomic mass is 35.5. The number of carbonyl (C=O) groups excluding carboxylic acids is 1. The van der Waals surface area contributed by atoms with E-state index in [1.54, 1.807) is 69.3 Å². The molecular weight excluding hydrogens is 395 g/mol. The first-order chi connectivity index (χ1) is 12.0. The minimum atomic E-state index is -3.69. The van der Waals surface area contributed by atoms with Gasteiger partial charge in [0.05, 0.1) is 4.90 Å². The van der Waals surface area contributed by atoms with Crippen LogP contribution in [0.5, 0.6) is 0 Å². The van der Waals surface area contributed by atoms with Crippen molar-refractivity contribution in [3.05, 3.63) is 48.5 Å². The number of nitrogens with one attached hydrogen (secondary N) is 2. The van der Waals surface area contributed by atoms with E-state index in [1.807, 2.05) is 0 Å². The summed E-state index contributed by atoms with van der Waals surface area (Å²) in [5, 5.41) is 2.56. The molecule has 0 aliphatic rings. The van der Waals surface area contributed by atoms with Gasteiger partial charge in [-0.3, -0.25) is 4.79 Å².